The van der Waals surface area contributed by atoms with Crippen LogP contribution in [0.3, 0.4) is 0 Å². The van der Waals surface area contributed by atoms with Gasteiger partial charge in [0.2, 0.25) is 0 Å². The topological polar surface area (TPSA) is 72.4 Å². The summed E-state index contributed by atoms with van der Waals surface area (Å²) < 4.78 is 57.4. The summed E-state index contributed by atoms with van der Waals surface area (Å²) in [6.07, 6.45) is 4.20. The number of nitrogens with two attached hydrogens (primary N) is 1. The van der Waals surface area contributed by atoms with Crippen LogP contribution >= 0.6 is 0 Å². The number of halogens is 4. The van der Waals surface area contributed by atoms with Crippen molar-refractivity contribution < 1.29 is 22.3 Å². The second-order valence-electron chi connectivity index (χ2n) is 10.8. The maximum absolute atomic E-state index is 12.8. The lowest BCUT2D eigenvalue weighted by atomic mass is 10.1. The van der Waals surface area contributed by atoms with Gasteiger partial charge in [0.15, 0.2) is 11.6 Å². The van der Waals surface area contributed by atoms with E-state index in [0.717, 1.165) is 51.3 Å². The minimum atomic E-state index is -4.84. The van der Waals surface area contributed by atoms with Gasteiger partial charge in [-0.2, -0.15) is 0 Å². The van der Waals surface area contributed by atoms with Crippen LogP contribution in [0.1, 0.15) is 37.5 Å². The number of nitrogens with zero attached hydrogens (tertiary/aromatic N) is 5. The summed E-state index contributed by atoms with van der Waals surface area (Å²) in [5, 5.41) is 0. The molecule has 4 aliphatic rings. The quantitative estimate of drug-likeness (QED) is 0.545. The summed E-state index contributed by atoms with van der Waals surface area (Å²) in [6.45, 7) is 4.13. The van der Waals surface area contributed by atoms with Gasteiger partial charge < -0.3 is 15.0 Å². The standard InChI is InChI=1S/C25H32F4N6O/c26-3-4-33-5-7-34(8-6-33)17-11-18-19(12-17)23(18)35-14-20(32-22(35)9-15-1-2-15)16-10-21(24(30)31-13-16)36-25(27,28)29/h10,13-15,17-19,23H,1-9,11-12H2,(H2,30,31). The van der Waals surface area contributed by atoms with Crippen LogP contribution < -0.4 is 10.5 Å². The van der Waals surface area contributed by atoms with Gasteiger partial charge in [-0.25, -0.2) is 14.4 Å². The van der Waals surface area contributed by atoms with Crippen LogP contribution in [0.15, 0.2) is 18.5 Å². The molecule has 0 aromatic carbocycles. The molecular formula is C25H32F4N6O. The van der Waals surface area contributed by atoms with E-state index in [4.69, 9.17) is 10.7 Å². The van der Waals surface area contributed by atoms with Crippen LogP contribution in [-0.2, 0) is 6.42 Å². The molecule has 2 aromatic rings. The highest BCUT2D eigenvalue weighted by atomic mass is 19.4. The van der Waals surface area contributed by atoms with Gasteiger partial charge in [0.05, 0.1) is 5.69 Å². The number of anilines is 1. The summed E-state index contributed by atoms with van der Waals surface area (Å²) >= 11 is 0. The first-order valence-electron chi connectivity index (χ1n) is 12.9. The lowest BCUT2D eigenvalue weighted by molar-refractivity contribution is -0.274. The number of piperazine rings is 1. The number of aromatic nitrogens is 3. The van der Waals surface area contributed by atoms with E-state index in [1.165, 1.54) is 25.1 Å². The van der Waals surface area contributed by atoms with Crippen LogP contribution in [0.4, 0.5) is 23.4 Å². The van der Waals surface area contributed by atoms with E-state index in [9.17, 15) is 17.6 Å². The molecule has 196 valence electrons. The van der Waals surface area contributed by atoms with E-state index >= 15 is 0 Å². The number of hydrogen-bond donors (Lipinski definition) is 1. The third kappa shape index (κ3) is 4.91. The number of rotatable bonds is 8. The van der Waals surface area contributed by atoms with Gasteiger partial charge in [-0.3, -0.25) is 9.80 Å². The van der Waals surface area contributed by atoms with Gasteiger partial charge in [0.1, 0.15) is 12.5 Å². The number of fused-ring (bicyclic) bond motifs is 1. The number of imidazole rings is 1. The van der Waals surface area contributed by atoms with E-state index in [1.807, 2.05) is 6.20 Å². The molecule has 0 amide bonds. The van der Waals surface area contributed by atoms with Crippen molar-refractivity contribution >= 4 is 5.82 Å². The molecule has 2 atom stereocenters. The van der Waals surface area contributed by atoms with Gasteiger partial charge in [0.25, 0.3) is 0 Å². The normalized spacial score (nSPS) is 28.9. The highest BCUT2D eigenvalue weighted by Crippen LogP contribution is 2.62. The highest BCUT2D eigenvalue weighted by Gasteiger charge is 2.58. The average molecular weight is 509 g/mol. The molecule has 1 saturated heterocycles. The molecule has 6 rings (SSSR count). The molecule has 11 heteroatoms. The molecule has 3 aliphatic carbocycles. The predicted molar refractivity (Wildman–Crippen MR) is 126 cm³/mol. The van der Waals surface area contributed by atoms with Crippen molar-refractivity contribution in [2.45, 2.75) is 50.6 Å². The molecule has 3 saturated carbocycles. The van der Waals surface area contributed by atoms with Crippen molar-refractivity contribution in [1.82, 2.24) is 24.3 Å². The number of hydrogen-bond acceptors (Lipinski definition) is 6. The second-order valence-corrected chi connectivity index (χ2v) is 10.8. The van der Waals surface area contributed by atoms with Crippen LogP contribution in [0.5, 0.6) is 5.75 Å². The van der Waals surface area contributed by atoms with Crippen molar-refractivity contribution in [2.75, 3.05) is 45.1 Å². The number of alkyl halides is 4. The smallest absolute Gasteiger partial charge is 0.402 e. The van der Waals surface area contributed by atoms with Crippen molar-refractivity contribution in [2.24, 2.45) is 17.8 Å². The van der Waals surface area contributed by atoms with Gasteiger partial charge >= 0.3 is 6.36 Å². The van der Waals surface area contributed by atoms with E-state index < -0.39 is 12.1 Å². The van der Waals surface area contributed by atoms with Crippen LogP contribution in [0, 0.1) is 17.8 Å². The van der Waals surface area contributed by atoms with Crippen molar-refractivity contribution in [1.29, 1.82) is 0 Å². The minimum Gasteiger partial charge on any atom is -0.402 e. The first-order valence-corrected chi connectivity index (χ1v) is 12.9. The van der Waals surface area contributed by atoms with Crippen LogP contribution in [0.25, 0.3) is 11.3 Å². The van der Waals surface area contributed by atoms with Gasteiger partial charge in [0, 0.05) is 69.2 Å². The van der Waals surface area contributed by atoms with E-state index in [2.05, 4.69) is 24.1 Å². The first-order chi connectivity index (χ1) is 17.3. The number of ether oxygens (including phenoxy) is 1. The number of pyridine rings is 1. The molecule has 1 aliphatic heterocycles. The molecule has 0 spiro atoms. The average Bonchev–Trinajstić information content (AvgIpc) is 3.68. The Kier molecular flexibility index (Phi) is 6.10. The lowest BCUT2D eigenvalue weighted by Gasteiger charge is -2.38. The van der Waals surface area contributed by atoms with Gasteiger partial charge in [-0.15, -0.1) is 13.2 Å². The molecule has 0 radical (unpaired) electrons. The molecular weight excluding hydrogens is 476 g/mol. The summed E-state index contributed by atoms with van der Waals surface area (Å²) in [5.41, 5.74) is 6.69. The van der Waals surface area contributed by atoms with Crippen molar-refractivity contribution in [3.63, 3.8) is 0 Å². The Bertz CT molecular complexity index is 1080. The Morgan fingerprint density at radius 2 is 1.81 bits per heavy atom. The fourth-order valence-corrected chi connectivity index (χ4v) is 6.32. The van der Waals surface area contributed by atoms with Crippen LogP contribution in [-0.4, -0.2) is 76.1 Å². The van der Waals surface area contributed by atoms with Gasteiger partial charge in [-0.1, -0.05) is 0 Å². The second kappa shape index (κ2) is 9.16. The largest absolute Gasteiger partial charge is 0.573 e. The number of nitrogen functional groups attached to an aromatic ring is 1. The third-order valence-corrected chi connectivity index (χ3v) is 8.40. The fourth-order valence-electron chi connectivity index (χ4n) is 6.32. The third-order valence-electron chi connectivity index (χ3n) is 8.40. The maximum Gasteiger partial charge on any atom is 0.573 e. The summed E-state index contributed by atoms with van der Waals surface area (Å²) in [5.74, 6) is 2.05. The Morgan fingerprint density at radius 3 is 2.44 bits per heavy atom. The maximum atomic E-state index is 12.8. The van der Waals surface area contributed by atoms with E-state index in [0.29, 0.717) is 47.6 Å². The Morgan fingerprint density at radius 1 is 1.08 bits per heavy atom. The molecule has 7 nitrogen and oxygen atoms in total. The first kappa shape index (κ1) is 24.0. The zero-order valence-corrected chi connectivity index (χ0v) is 20.1. The van der Waals surface area contributed by atoms with Crippen molar-refractivity contribution in [3.05, 3.63) is 24.3 Å². The molecule has 4 fully saturated rings. The SMILES string of the molecule is Nc1ncc(-c2cn(C3C4CC(N5CCN(CCF)CC5)CC43)c(CC3CC3)n2)cc1OC(F)(F)F. The highest BCUT2D eigenvalue weighted by molar-refractivity contribution is 5.64. The lowest BCUT2D eigenvalue weighted by Crippen LogP contribution is -2.50. The van der Waals surface area contributed by atoms with Crippen LogP contribution in [0.2, 0.25) is 0 Å². The molecule has 36 heavy (non-hydrogen) atoms. The molecule has 2 unspecified atom stereocenters. The minimum absolute atomic E-state index is 0.283. The zero-order chi connectivity index (χ0) is 25.0. The summed E-state index contributed by atoms with van der Waals surface area (Å²) in [7, 11) is 0. The van der Waals surface area contributed by atoms with E-state index in [1.54, 1.807) is 0 Å². The summed E-state index contributed by atoms with van der Waals surface area (Å²) in [4.78, 5) is 13.5. The molecule has 3 heterocycles. The Balaban J connectivity index is 1.17. The summed E-state index contributed by atoms with van der Waals surface area (Å²) in [6, 6.07) is 2.26. The molecule has 0 bridgehead atoms. The zero-order valence-electron chi connectivity index (χ0n) is 20.1. The Labute approximate surface area is 207 Å². The molecule has 2 N–H and O–H groups in total. The van der Waals surface area contributed by atoms with Gasteiger partial charge in [-0.05, 0) is 49.5 Å². The van der Waals surface area contributed by atoms with E-state index in [-0.39, 0.29) is 12.5 Å². The fraction of sp³-hybridized carbons (Fsp3) is 0.680. The predicted octanol–water partition coefficient (Wildman–Crippen LogP) is 3.92. The monoisotopic (exact) mass is 508 g/mol. The van der Waals surface area contributed by atoms with Crippen molar-refractivity contribution in [3.8, 4) is 17.0 Å². The Hall–Kier alpha value is -2.40. The molecule has 2 aromatic heterocycles.